The summed E-state index contributed by atoms with van der Waals surface area (Å²) in [4.78, 5) is 42.0. The third-order valence-corrected chi connectivity index (χ3v) is 5.96. The van der Waals surface area contributed by atoms with E-state index in [-0.39, 0.29) is 24.3 Å². The molecule has 2 saturated heterocycles. The summed E-state index contributed by atoms with van der Waals surface area (Å²) in [6.07, 6.45) is 1.47. The van der Waals surface area contributed by atoms with Crippen LogP contribution in [0.5, 0.6) is 0 Å². The molecule has 7 nitrogen and oxygen atoms in total. The van der Waals surface area contributed by atoms with E-state index in [9.17, 15) is 14.4 Å². The first-order chi connectivity index (χ1) is 14.3. The smallest absolute Gasteiger partial charge is 0.256 e. The number of nitrogens with one attached hydrogen (secondary N) is 1. The molecule has 1 atom stereocenters. The van der Waals surface area contributed by atoms with Crippen LogP contribution in [-0.2, 0) is 14.3 Å². The molecular formula is C23H33N3O4. The van der Waals surface area contributed by atoms with Crippen molar-refractivity contribution in [3.63, 3.8) is 0 Å². The van der Waals surface area contributed by atoms with Crippen molar-refractivity contribution in [3.8, 4) is 0 Å². The first kappa shape index (κ1) is 22.3. The van der Waals surface area contributed by atoms with E-state index in [1.54, 1.807) is 17.0 Å². The van der Waals surface area contributed by atoms with E-state index >= 15 is 0 Å². The summed E-state index contributed by atoms with van der Waals surface area (Å²) in [6, 6.07) is 6.71. The Kier molecular flexibility index (Phi) is 6.81. The van der Waals surface area contributed by atoms with E-state index in [0.29, 0.717) is 50.4 Å². The molecule has 1 spiro atoms. The van der Waals surface area contributed by atoms with Crippen molar-refractivity contribution >= 4 is 17.7 Å². The van der Waals surface area contributed by atoms with Gasteiger partial charge in [-0.3, -0.25) is 19.3 Å². The van der Waals surface area contributed by atoms with Gasteiger partial charge in [0.15, 0.2) is 0 Å². The number of aryl methyl sites for hydroxylation is 1. The number of likely N-dealkylation sites (tertiary alicyclic amines) is 1. The maximum Gasteiger partial charge on any atom is 0.256 e. The molecule has 3 amide bonds. The molecule has 2 fully saturated rings. The van der Waals surface area contributed by atoms with E-state index in [2.05, 4.69) is 5.32 Å². The zero-order valence-corrected chi connectivity index (χ0v) is 18.4. The standard InChI is InChI=1S/C23H33N3O4/c1-5-20(27)25-12-10-23(11-13-25)26(22(29)18-8-6-17(4)7-9-18)19(15-30-23)21(28)24-14-16(2)3/h6-9,16,19H,5,10-15H2,1-4H3,(H,24,28)/t19-/m1/s1. The molecule has 0 aromatic heterocycles. The number of nitrogens with zero attached hydrogens (tertiary/aromatic N) is 2. The highest BCUT2D eigenvalue weighted by atomic mass is 16.5. The molecule has 0 radical (unpaired) electrons. The summed E-state index contributed by atoms with van der Waals surface area (Å²) in [7, 11) is 0. The number of hydrogen-bond donors (Lipinski definition) is 1. The molecule has 1 aromatic rings. The minimum atomic E-state index is -0.855. The predicted octanol–water partition coefficient (Wildman–Crippen LogP) is 2.34. The number of carbonyl (C=O) groups is 3. The lowest BCUT2D eigenvalue weighted by Crippen LogP contribution is -2.60. The van der Waals surface area contributed by atoms with Crippen molar-refractivity contribution in [1.82, 2.24) is 15.1 Å². The average molecular weight is 416 g/mol. The average Bonchev–Trinajstić information content (AvgIpc) is 3.10. The van der Waals surface area contributed by atoms with Gasteiger partial charge in [0.2, 0.25) is 11.8 Å². The second-order valence-electron chi connectivity index (χ2n) is 8.69. The van der Waals surface area contributed by atoms with Gasteiger partial charge >= 0.3 is 0 Å². The fourth-order valence-electron chi connectivity index (χ4n) is 4.15. The van der Waals surface area contributed by atoms with Crippen molar-refractivity contribution in [3.05, 3.63) is 35.4 Å². The highest BCUT2D eigenvalue weighted by molar-refractivity contribution is 5.98. The molecule has 0 bridgehead atoms. The number of rotatable bonds is 5. The molecule has 0 unspecified atom stereocenters. The van der Waals surface area contributed by atoms with Crippen molar-refractivity contribution < 1.29 is 19.1 Å². The van der Waals surface area contributed by atoms with Gasteiger partial charge in [0, 0.05) is 44.5 Å². The van der Waals surface area contributed by atoms with Crippen LogP contribution in [0.15, 0.2) is 24.3 Å². The SMILES string of the molecule is CCC(=O)N1CCC2(CC1)OC[C@H](C(=O)NCC(C)C)N2C(=O)c1ccc(C)cc1. The van der Waals surface area contributed by atoms with Gasteiger partial charge in [-0.2, -0.15) is 0 Å². The van der Waals surface area contributed by atoms with Crippen LogP contribution < -0.4 is 5.32 Å². The Morgan fingerprint density at radius 2 is 1.80 bits per heavy atom. The Bertz CT molecular complexity index is 782. The minimum Gasteiger partial charge on any atom is -0.354 e. The Labute approximate surface area is 178 Å². The number of ether oxygens (including phenoxy) is 1. The van der Waals surface area contributed by atoms with Crippen LogP contribution in [-0.4, -0.2) is 65.5 Å². The van der Waals surface area contributed by atoms with E-state index in [4.69, 9.17) is 4.74 Å². The van der Waals surface area contributed by atoms with Gasteiger partial charge in [-0.05, 0) is 25.0 Å². The first-order valence-electron chi connectivity index (χ1n) is 10.9. The highest BCUT2D eigenvalue weighted by Crippen LogP contribution is 2.38. The maximum atomic E-state index is 13.5. The molecule has 2 heterocycles. The Hall–Kier alpha value is -2.41. The number of benzene rings is 1. The molecule has 3 rings (SSSR count). The monoisotopic (exact) mass is 415 g/mol. The number of carbonyl (C=O) groups excluding carboxylic acids is 3. The van der Waals surface area contributed by atoms with Crippen LogP contribution in [0.4, 0.5) is 0 Å². The molecule has 30 heavy (non-hydrogen) atoms. The third-order valence-electron chi connectivity index (χ3n) is 5.96. The van der Waals surface area contributed by atoms with Gasteiger partial charge < -0.3 is 15.0 Å². The predicted molar refractivity (Wildman–Crippen MR) is 114 cm³/mol. The number of piperidine rings is 1. The molecule has 1 aromatic carbocycles. The summed E-state index contributed by atoms with van der Waals surface area (Å²) in [5.41, 5.74) is 0.752. The summed E-state index contributed by atoms with van der Waals surface area (Å²) in [5, 5.41) is 2.95. The largest absolute Gasteiger partial charge is 0.354 e. The van der Waals surface area contributed by atoms with Crippen LogP contribution in [0.25, 0.3) is 0 Å². The maximum absolute atomic E-state index is 13.5. The molecule has 1 N–H and O–H groups in total. The van der Waals surface area contributed by atoms with E-state index in [1.165, 1.54) is 0 Å². The van der Waals surface area contributed by atoms with Gasteiger partial charge in [-0.15, -0.1) is 0 Å². The fourth-order valence-corrected chi connectivity index (χ4v) is 4.15. The molecule has 7 heteroatoms. The first-order valence-corrected chi connectivity index (χ1v) is 10.9. The summed E-state index contributed by atoms with van der Waals surface area (Å²) >= 11 is 0. The molecule has 2 aliphatic rings. The van der Waals surface area contributed by atoms with Gasteiger partial charge in [0.1, 0.15) is 11.8 Å². The highest BCUT2D eigenvalue weighted by Gasteiger charge is 2.54. The molecular weight excluding hydrogens is 382 g/mol. The molecule has 0 saturated carbocycles. The van der Waals surface area contributed by atoms with Crippen molar-refractivity contribution in [2.75, 3.05) is 26.2 Å². The van der Waals surface area contributed by atoms with E-state index in [0.717, 1.165) is 5.56 Å². The van der Waals surface area contributed by atoms with Gasteiger partial charge in [0.25, 0.3) is 5.91 Å². The van der Waals surface area contributed by atoms with E-state index < -0.39 is 11.8 Å². The van der Waals surface area contributed by atoms with E-state index in [1.807, 2.05) is 44.7 Å². The second kappa shape index (κ2) is 9.16. The quantitative estimate of drug-likeness (QED) is 0.801. The molecule has 2 aliphatic heterocycles. The number of amides is 3. The summed E-state index contributed by atoms with van der Waals surface area (Å²) in [6.45, 7) is 9.63. The summed E-state index contributed by atoms with van der Waals surface area (Å²) < 4.78 is 6.17. The van der Waals surface area contributed by atoms with Crippen LogP contribution in [0.2, 0.25) is 0 Å². The van der Waals surface area contributed by atoms with Crippen LogP contribution in [0, 0.1) is 12.8 Å². The van der Waals surface area contributed by atoms with Crippen molar-refractivity contribution in [2.45, 2.75) is 58.7 Å². The topological polar surface area (TPSA) is 79.0 Å². The summed E-state index contributed by atoms with van der Waals surface area (Å²) in [5.74, 6) is 0.0285. The third kappa shape index (κ3) is 4.51. The Morgan fingerprint density at radius 1 is 1.17 bits per heavy atom. The normalized spacial score (nSPS) is 20.6. The van der Waals surface area contributed by atoms with Gasteiger partial charge in [-0.25, -0.2) is 0 Å². The van der Waals surface area contributed by atoms with Crippen molar-refractivity contribution in [2.24, 2.45) is 5.92 Å². The van der Waals surface area contributed by atoms with Crippen LogP contribution in [0.1, 0.15) is 56.0 Å². The lowest BCUT2D eigenvalue weighted by Gasteiger charge is -2.44. The zero-order chi connectivity index (χ0) is 21.9. The zero-order valence-electron chi connectivity index (χ0n) is 18.4. The Morgan fingerprint density at radius 3 is 2.37 bits per heavy atom. The lowest BCUT2D eigenvalue weighted by atomic mass is 9.96. The Balaban J connectivity index is 1.86. The molecule has 0 aliphatic carbocycles. The fraction of sp³-hybridized carbons (Fsp3) is 0.609. The van der Waals surface area contributed by atoms with Crippen LogP contribution >= 0.6 is 0 Å². The van der Waals surface area contributed by atoms with Crippen molar-refractivity contribution in [1.29, 1.82) is 0 Å². The van der Waals surface area contributed by atoms with Gasteiger partial charge in [-0.1, -0.05) is 38.5 Å². The minimum absolute atomic E-state index is 0.102. The lowest BCUT2D eigenvalue weighted by molar-refractivity contribution is -0.143. The number of hydrogen-bond acceptors (Lipinski definition) is 4. The van der Waals surface area contributed by atoms with Gasteiger partial charge in [0.05, 0.1) is 6.61 Å². The van der Waals surface area contributed by atoms with Crippen LogP contribution in [0.3, 0.4) is 0 Å². The second-order valence-corrected chi connectivity index (χ2v) is 8.69. The molecule has 164 valence electrons.